The average Bonchev–Trinajstić information content (AvgIpc) is 2.90. The van der Waals surface area contributed by atoms with Gasteiger partial charge in [0.25, 0.3) is 20.0 Å². The molecule has 0 amide bonds. The van der Waals surface area contributed by atoms with Gasteiger partial charge in [0.15, 0.2) is 11.6 Å². The summed E-state index contributed by atoms with van der Waals surface area (Å²) in [5.74, 6) is 0.820. The molecule has 0 bridgehead atoms. The highest BCUT2D eigenvalue weighted by Gasteiger charge is 2.16. The minimum atomic E-state index is -3.70. The highest BCUT2D eigenvalue weighted by Crippen LogP contribution is 2.17. The minimum Gasteiger partial charge on any atom is -0.480 e. The number of nitrogens with one attached hydrogen (secondary N) is 2. The molecule has 2 heterocycles. The van der Waals surface area contributed by atoms with Crippen molar-refractivity contribution in [3.05, 3.63) is 72.8 Å². The molecule has 0 aliphatic rings. The van der Waals surface area contributed by atoms with Gasteiger partial charge < -0.3 is 20.9 Å². The molecule has 0 aliphatic heterocycles. The van der Waals surface area contributed by atoms with E-state index in [0.29, 0.717) is 23.1 Å². The van der Waals surface area contributed by atoms with Crippen molar-refractivity contribution in [2.45, 2.75) is 9.79 Å². The number of nitrogen functional groups attached to an aromatic ring is 2. The summed E-state index contributed by atoms with van der Waals surface area (Å²) >= 11 is 0. The molecule has 14 nitrogen and oxygen atoms in total. The van der Waals surface area contributed by atoms with E-state index >= 15 is 0 Å². The number of nitrogens with two attached hydrogens (primary N) is 2. The van der Waals surface area contributed by atoms with Gasteiger partial charge in [0.05, 0.1) is 24.0 Å². The molecule has 38 heavy (non-hydrogen) atoms. The molecule has 2 aromatic heterocycles. The highest BCUT2D eigenvalue weighted by molar-refractivity contribution is 7.93. The molecule has 0 atom stereocenters. The van der Waals surface area contributed by atoms with Crippen LogP contribution in [0.25, 0.3) is 0 Å². The van der Waals surface area contributed by atoms with Crippen molar-refractivity contribution >= 4 is 43.1 Å². The molecule has 6 N–H and O–H groups in total. The second kappa shape index (κ2) is 12.0. The second-order valence-corrected chi connectivity index (χ2v) is 10.6. The van der Waals surface area contributed by atoms with Gasteiger partial charge in [0.1, 0.15) is 0 Å². The normalized spacial score (nSPS) is 11.0. The van der Waals surface area contributed by atoms with Crippen LogP contribution >= 0.6 is 0 Å². The van der Waals surface area contributed by atoms with Gasteiger partial charge in [-0.1, -0.05) is 0 Å². The molecule has 16 heteroatoms. The molecule has 0 unspecified atom stereocenters. The Kier molecular flexibility index (Phi) is 8.82. The zero-order chi connectivity index (χ0) is 27.8. The Bertz CT molecular complexity index is 1430. The first kappa shape index (κ1) is 27.9. The quantitative estimate of drug-likeness (QED) is 0.227. The van der Waals surface area contributed by atoms with Gasteiger partial charge in [0, 0.05) is 23.5 Å². The van der Waals surface area contributed by atoms with Gasteiger partial charge in [-0.05, 0) is 60.7 Å². The number of sulfonamides is 2. The van der Waals surface area contributed by atoms with Crippen LogP contribution in [-0.2, 0) is 20.0 Å². The highest BCUT2D eigenvalue weighted by atomic mass is 32.2. The molecule has 0 radical (unpaired) electrons. The van der Waals surface area contributed by atoms with Gasteiger partial charge in [-0.15, -0.1) is 20.4 Å². The van der Waals surface area contributed by atoms with Crippen LogP contribution in [-0.4, -0.2) is 51.4 Å². The van der Waals surface area contributed by atoms with E-state index in [0.717, 1.165) is 0 Å². The number of methoxy groups -OCH3 is 2. The van der Waals surface area contributed by atoms with Gasteiger partial charge in [-0.3, -0.25) is 9.44 Å². The van der Waals surface area contributed by atoms with Crippen molar-refractivity contribution in [1.29, 1.82) is 0 Å². The Morgan fingerprint density at radius 1 is 0.553 bits per heavy atom. The first-order valence-electron chi connectivity index (χ1n) is 10.5. The predicted molar refractivity (Wildman–Crippen MR) is 140 cm³/mol. The topological polar surface area (TPSA) is 214 Å². The summed E-state index contributed by atoms with van der Waals surface area (Å²) in [7, 11) is -4.50. The first-order valence-corrected chi connectivity index (χ1v) is 13.5. The number of rotatable bonds is 8. The van der Waals surface area contributed by atoms with Crippen molar-refractivity contribution in [2.75, 3.05) is 35.1 Å². The van der Waals surface area contributed by atoms with E-state index in [1.807, 2.05) is 0 Å². The molecule has 2 aromatic carbocycles. The number of nitrogens with zero attached hydrogens (tertiary/aromatic N) is 4. The molecule has 0 spiro atoms. The third-order valence-electron chi connectivity index (χ3n) is 4.56. The van der Waals surface area contributed by atoms with E-state index in [2.05, 4.69) is 29.8 Å². The Labute approximate surface area is 219 Å². The van der Waals surface area contributed by atoms with Crippen molar-refractivity contribution in [3.8, 4) is 11.8 Å². The molecule has 0 saturated heterocycles. The van der Waals surface area contributed by atoms with E-state index in [1.54, 1.807) is 0 Å². The summed E-state index contributed by atoms with van der Waals surface area (Å²) < 4.78 is 62.3. The van der Waals surface area contributed by atoms with Crippen LogP contribution in [0, 0.1) is 0 Å². The van der Waals surface area contributed by atoms with Crippen molar-refractivity contribution in [2.24, 2.45) is 0 Å². The van der Waals surface area contributed by atoms with Crippen LogP contribution in [0.2, 0.25) is 0 Å². The lowest BCUT2D eigenvalue weighted by molar-refractivity contribution is 0.392. The summed E-state index contributed by atoms with van der Waals surface area (Å²) in [5, 5.41) is 14.7. The zero-order valence-electron chi connectivity index (χ0n) is 20.1. The third kappa shape index (κ3) is 7.65. The molecule has 0 saturated carbocycles. The fourth-order valence-electron chi connectivity index (χ4n) is 2.65. The van der Waals surface area contributed by atoms with Crippen molar-refractivity contribution in [3.63, 3.8) is 0 Å². The number of ether oxygens (including phenoxy) is 2. The van der Waals surface area contributed by atoms with E-state index in [4.69, 9.17) is 20.9 Å². The smallest absolute Gasteiger partial charge is 0.263 e. The maximum absolute atomic E-state index is 12.0. The number of aromatic nitrogens is 4. The standard InChI is InChI=1S/2C11H12N4O3S/c2*1-18-11-7-6-10(13-14-11)15-19(16,17)9-4-2-8(12)3-5-9/h2*2-7H,12H2,1H3,(H,13,15). The summed E-state index contributed by atoms with van der Waals surface area (Å²) in [6.45, 7) is 0. The summed E-state index contributed by atoms with van der Waals surface area (Å²) in [6.07, 6.45) is 0. The number of hydrogen-bond acceptors (Lipinski definition) is 12. The Morgan fingerprint density at radius 2 is 0.895 bits per heavy atom. The lowest BCUT2D eigenvalue weighted by Crippen LogP contribution is -2.14. The van der Waals surface area contributed by atoms with Gasteiger partial charge in [-0.25, -0.2) is 16.8 Å². The van der Waals surface area contributed by atoms with Crippen LogP contribution in [0.3, 0.4) is 0 Å². The van der Waals surface area contributed by atoms with E-state index in [-0.39, 0.29) is 21.4 Å². The third-order valence-corrected chi connectivity index (χ3v) is 7.30. The fraction of sp³-hybridized carbons (Fsp3) is 0.0909. The average molecular weight is 561 g/mol. The summed E-state index contributed by atoms with van der Waals surface area (Å²) in [5.41, 5.74) is 12.0. The maximum Gasteiger partial charge on any atom is 0.263 e. The lowest BCUT2D eigenvalue weighted by Gasteiger charge is -2.07. The molecular weight excluding hydrogens is 536 g/mol. The molecular formula is C22H24N8O6S2. The van der Waals surface area contributed by atoms with Crippen LogP contribution in [0.15, 0.2) is 82.6 Å². The van der Waals surface area contributed by atoms with Crippen LogP contribution < -0.4 is 30.4 Å². The van der Waals surface area contributed by atoms with E-state index in [9.17, 15) is 16.8 Å². The molecule has 4 rings (SSSR count). The Morgan fingerprint density at radius 3 is 1.16 bits per heavy atom. The van der Waals surface area contributed by atoms with Crippen molar-refractivity contribution < 1.29 is 26.3 Å². The zero-order valence-corrected chi connectivity index (χ0v) is 21.8. The molecule has 0 aliphatic carbocycles. The first-order chi connectivity index (χ1) is 18.0. The molecule has 4 aromatic rings. The Balaban J connectivity index is 0.000000211. The monoisotopic (exact) mass is 560 g/mol. The predicted octanol–water partition coefficient (Wildman–Crippen LogP) is 1.74. The van der Waals surface area contributed by atoms with Crippen molar-refractivity contribution in [1.82, 2.24) is 20.4 Å². The number of anilines is 4. The largest absolute Gasteiger partial charge is 0.480 e. The van der Waals surface area contributed by atoms with E-state index < -0.39 is 20.0 Å². The summed E-state index contributed by atoms with van der Waals surface area (Å²) in [6, 6.07) is 17.6. The van der Waals surface area contributed by atoms with Gasteiger partial charge in [0.2, 0.25) is 11.8 Å². The summed E-state index contributed by atoms with van der Waals surface area (Å²) in [4.78, 5) is 0.193. The molecule has 0 fully saturated rings. The lowest BCUT2D eigenvalue weighted by atomic mass is 10.3. The van der Waals surface area contributed by atoms with Crippen LogP contribution in [0.4, 0.5) is 23.0 Å². The van der Waals surface area contributed by atoms with Gasteiger partial charge >= 0.3 is 0 Å². The second-order valence-electron chi connectivity index (χ2n) is 7.27. The Hall–Kier alpha value is -4.70. The number of benzene rings is 2. The minimum absolute atomic E-state index is 0.0966. The van der Waals surface area contributed by atoms with Crippen LogP contribution in [0.1, 0.15) is 0 Å². The molecule has 200 valence electrons. The van der Waals surface area contributed by atoms with Crippen LogP contribution in [0.5, 0.6) is 11.8 Å². The SMILES string of the molecule is COc1ccc(NS(=O)(=O)c2ccc(N)cc2)nn1.COc1ccc(NS(=O)(=O)c2ccc(N)cc2)nn1. The fourth-order valence-corrected chi connectivity index (χ4v) is 4.65. The van der Waals surface area contributed by atoms with Gasteiger partial charge in [-0.2, -0.15) is 0 Å². The van der Waals surface area contributed by atoms with E-state index in [1.165, 1.54) is 87.0 Å². The maximum atomic E-state index is 12.0. The number of hydrogen-bond donors (Lipinski definition) is 4.